The van der Waals surface area contributed by atoms with Gasteiger partial charge >= 0.3 is 5.97 Å². The molecule has 0 spiro atoms. The van der Waals surface area contributed by atoms with E-state index in [2.05, 4.69) is 36.8 Å². The van der Waals surface area contributed by atoms with Gasteiger partial charge in [0.15, 0.2) is 6.29 Å². The summed E-state index contributed by atoms with van der Waals surface area (Å²) in [5.41, 5.74) is 7.76. The Morgan fingerprint density at radius 3 is 2.23 bits per heavy atom. The van der Waals surface area contributed by atoms with Crippen LogP contribution in [0.4, 0.5) is 5.69 Å². The molecule has 0 radical (unpaired) electrons. The number of aromatic nitrogens is 2. The SMILES string of the molecule is C=CC.CC.Cc1cc(OCCCc2c(C=O)n([C@H](C)CN(C)c3cn(C)c4ccc(C(=O)O)cc34)c3c(CC(C)C)c(Cl)ccc23)cc(C)c1Cl. The van der Waals surface area contributed by atoms with Gasteiger partial charge in [-0.05, 0) is 112 Å². The third-order valence-corrected chi connectivity index (χ3v) is 9.89. The van der Waals surface area contributed by atoms with Crippen LogP contribution >= 0.6 is 23.2 Å². The highest BCUT2D eigenvalue weighted by Crippen LogP contribution is 2.38. The van der Waals surface area contributed by atoms with Gasteiger partial charge in [0, 0.05) is 59.2 Å². The second-order valence-electron chi connectivity index (χ2n) is 13.5. The molecule has 7 nitrogen and oxygen atoms in total. The standard InChI is InChI=1S/C38H43Cl2N3O4.C3H6.C2H6/c1-22(2)15-30-32(39)12-11-29-28(9-8-14-47-27-16-23(3)36(40)24(4)17-27)35(21-44)43(37(29)30)25(5)19-41(6)34-20-42(7)33-13-10-26(38(45)46)18-31(33)34;1-3-2;1-2/h10-13,16-18,20-22,25H,8-9,14-15,19H2,1-7H3,(H,45,46);3H,1H2,2H3;1-2H3/t25-;;/m1../s1. The minimum atomic E-state index is -0.960. The van der Waals surface area contributed by atoms with E-state index in [0.717, 1.165) is 79.6 Å². The van der Waals surface area contributed by atoms with E-state index >= 15 is 0 Å². The van der Waals surface area contributed by atoms with Gasteiger partial charge in [0.05, 0.1) is 29.1 Å². The number of anilines is 1. The number of carbonyl (C=O) groups is 2. The smallest absolute Gasteiger partial charge is 0.335 e. The number of fused-ring (bicyclic) bond motifs is 2. The summed E-state index contributed by atoms with van der Waals surface area (Å²) in [4.78, 5) is 26.9. The Morgan fingerprint density at radius 2 is 1.65 bits per heavy atom. The van der Waals surface area contributed by atoms with Crippen LogP contribution in [0.15, 0.2) is 61.3 Å². The lowest BCUT2D eigenvalue weighted by molar-refractivity contribution is 0.0697. The fourth-order valence-electron chi connectivity index (χ4n) is 6.80. The summed E-state index contributed by atoms with van der Waals surface area (Å²) in [5, 5.41) is 13.0. The number of aldehydes is 1. The number of aryl methyl sites for hydroxylation is 4. The van der Waals surface area contributed by atoms with Crippen LogP contribution in [0.2, 0.25) is 10.0 Å². The van der Waals surface area contributed by atoms with Gasteiger partial charge < -0.3 is 23.9 Å². The van der Waals surface area contributed by atoms with Gasteiger partial charge in [-0.1, -0.05) is 63.0 Å². The predicted octanol–water partition coefficient (Wildman–Crippen LogP) is 11.7. The van der Waals surface area contributed by atoms with Gasteiger partial charge in [-0.2, -0.15) is 0 Å². The number of likely N-dealkylation sites (N-methyl/N-ethyl adjacent to an activating group) is 1. The molecule has 0 aliphatic heterocycles. The molecule has 5 aromatic rings. The highest BCUT2D eigenvalue weighted by molar-refractivity contribution is 6.32. The lowest BCUT2D eigenvalue weighted by Crippen LogP contribution is -2.27. The first-order chi connectivity index (χ1) is 24.7. The minimum absolute atomic E-state index is 0.116. The Hall–Kier alpha value is -4.20. The first-order valence-electron chi connectivity index (χ1n) is 18.0. The number of rotatable bonds is 13. The van der Waals surface area contributed by atoms with Gasteiger partial charge in [-0.3, -0.25) is 4.79 Å². The summed E-state index contributed by atoms with van der Waals surface area (Å²) in [7, 11) is 3.96. The molecule has 1 atom stereocenters. The molecule has 2 aromatic heterocycles. The van der Waals surface area contributed by atoms with Crippen LogP contribution in [-0.2, 0) is 19.9 Å². The van der Waals surface area contributed by atoms with Crippen molar-refractivity contribution in [1.29, 1.82) is 0 Å². The second-order valence-corrected chi connectivity index (χ2v) is 14.3. The first-order valence-corrected chi connectivity index (χ1v) is 18.8. The normalized spacial score (nSPS) is 11.5. The molecule has 0 saturated carbocycles. The molecule has 5 rings (SSSR count). The van der Waals surface area contributed by atoms with E-state index in [4.69, 9.17) is 27.9 Å². The van der Waals surface area contributed by atoms with Crippen LogP contribution in [0.1, 0.15) is 97.1 Å². The maximum Gasteiger partial charge on any atom is 0.335 e. The topological polar surface area (TPSA) is 76.7 Å². The van der Waals surface area contributed by atoms with E-state index in [0.29, 0.717) is 36.2 Å². The van der Waals surface area contributed by atoms with Crippen molar-refractivity contribution in [2.24, 2.45) is 13.0 Å². The fraction of sp³-hybridized carbons (Fsp3) is 0.395. The summed E-state index contributed by atoms with van der Waals surface area (Å²) in [6.07, 6.45) is 6.91. The molecule has 0 aliphatic carbocycles. The quantitative estimate of drug-likeness (QED) is 0.0737. The first kappa shape index (κ1) is 42.2. The molecule has 280 valence electrons. The summed E-state index contributed by atoms with van der Waals surface area (Å²) in [5.74, 6) is 0.188. The average Bonchev–Trinajstić information content (AvgIpc) is 3.61. The number of benzene rings is 3. The molecule has 0 amide bonds. The van der Waals surface area contributed by atoms with Crippen molar-refractivity contribution in [2.75, 3.05) is 25.1 Å². The van der Waals surface area contributed by atoms with Crippen LogP contribution < -0.4 is 9.64 Å². The summed E-state index contributed by atoms with van der Waals surface area (Å²) in [6.45, 7) is 20.7. The zero-order chi connectivity index (χ0) is 38.9. The van der Waals surface area contributed by atoms with Crippen LogP contribution in [0.25, 0.3) is 21.8 Å². The molecule has 3 aromatic carbocycles. The summed E-state index contributed by atoms with van der Waals surface area (Å²) < 4.78 is 10.3. The monoisotopic (exact) mass is 747 g/mol. The third kappa shape index (κ3) is 9.42. The van der Waals surface area contributed by atoms with Crippen molar-refractivity contribution >= 4 is 63.0 Å². The number of allylic oxidation sites excluding steroid dienone is 1. The molecule has 0 saturated heterocycles. The number of carboxylic acid groups (broad SMARTS) is 1. The molecule has 0 bridgehead atoms. The third-order valence-electron chi connectivity index (χ3n) is 8.94. The van der Waals surface area contributed by atoms with Crippen molar-refractivity contribution in [3.05, 3.63) is 105 Å². The van der Waals surface area contributed by atoms with E-state index in [-0.39, 0.29) is 11.6 Å². The Labute approximate surface area is 319 Å². The minimum Gasteiger partial charge on any atom is -0.494 e. The molecule has 0 aliphatic rings. The van der Waals surface area contributed by atoms with Crippen molar-refractivity contribution in [3.63, 3.8) is 0 Å². The highest BCUT2D eigenvalue weighted by Gasteiger charge is 2.25. The van der Waals surface area contributed by atoms with Crippen molar-refractivity contribution < 1.29 is 19.4 Å². The van der Waals surface area contributed by atoms with Crippen molar-refractivity contribution in [2.45, 2.75) is 80.7 Å². The summed E-state index contributed by atoms with van der Waals surface area (Å²) >= 11 is 13.2. The van der Waals surface area contributed by atoms with Crippen molar-refractivity contribution in [1.82, 2.24) is 9.13 Å². The molecular weight excluding hydrogens is 693 g/mol. The van der Waals surface area contributed by atoms with E-state index in [1.54, 1.807) is 18.2 Å². The van der Waals surface area contributed by atoms with Crippen LogP contribution in [0.3, 0.4) is 0 Å². The number of halogens is 2. The summed E-state index contributed by atoms with van der Waals surface area (Å²) in [6, 6.07) is 13.0. The van der Waals surface area contributed by atoms with Crippen LogP contribution in [0.5, 0.6) is 5.75 Å². The maximum absolute atomic E-state index is 13.0. The Bertz CT molecular complexity index is 2000. The number of nitrogens with zero attached hydrogens (tertiary/aromatic N) is 3. The molecule has 0 fully saturated rings. The zero-order valence-electron chi connectivity index (χ0n) is 32.4. The van der Waals surface area contributed by atoms with Gasteiger partial charge in [0.1, 0.15) is 5.75 Å². The number of hydrogen-bond donors (Lipinski definition) is 1. The number of carboxylic acids is 1. The van der Waals surface area contributed by atoms with Gasteiger partial charge in [0.2, 0.25) is 0 Å². The second kappa shape index (κ2) is 19.0. The largest absolute Gasteiger partial charge is 0.494 e. The Balaban J connectivity index is 0.00000139. The van der Waals surface area contributed by atoms with E-state index in [1.165, 1.54) is 0 Å². The van der Waals surface area contributed by atoms with Gasteiger partial charge in [0.25, 0.3) is 0 Å². The Morgan fingerprint density at radius 1 is 1.02 bits per heavy atom. The molecule has 52 heavy (non-hydrogen) atoms. The fourth-order valence-corrected chi connectivity index (χ4v) is 7.14. The molecular formula is C43H55Cl2N3O4. The highest BCUT2D eigenvalue weighted by atomic mass is 35.5. The molecule has 2 heterocycles. The number of hydrogen-bond acceptors (Lipinski definition) is 4. The van der Waals surface area contributed by atoms with E-state index < -0.39 is 5.97 Å². The van der Waals surface area contributed by atoms with E-state index in [9.17, 15) is 14.7 Å². The number of ether oxygens (including phenoxy) is 1. The average molecular weight is 749 g/mol. The molecule has 1 N–H and O–H groups in total. The van der Waals surface area contributed by atoms with Gasteiger partial charge in [-0.25, -0.2) is 4.79 Å². The van der Waals surface area contributed by atoms with Gasteiger partial charge in [-0.15, -0.1) is 6.58 Å². The number of carbonyl (C=O) groups excluding carboxylic acids is 1. The Kier molecular flexibility index (Phi) is 15.5. The maximum atomic E-state index is 13.0. The molecule has 0 unspecified atom stereocenters. The lowest BCUT2D eigenvalue weighted by Gasteiger charge is -2.26. The molecule has 9 heteroatoms. The van der Waals surface area contributed by atoms with Crippen molar-refractivity contribution in [3.8, 4) is 5.75 Å². The predicted molar refractivity (Wildman–Crippen MR) is 221 cm³/mol. The number of aromatic carboxylic acids is 1. The lowest BCUT2D eigenvalue weighted by atomic mass is 9.98. The van der Waals surface area contributed by atoms with Crippen LogP contribution in [-0.4, -0.2) is 46.7 Å². The van der Waals surface area contributed by atoms with E-state index in [1.807, 2.05) is 89.8 Å². The van der Waals surface area contributed by atoms with Crippen LogP contribution in [0, 0.1) is 19.8 Å². The zero-order valence-corrected chi connectivity index (χ0v) is 34.0.